The van der Waals surface area contributed by atoms with Crippen LogP contribution in [0.2, 0.25) is 0 Å². The van der Waals surface area contributed by atoms with Gasteiger partial charge in [-0.15, -0.1) is 0 Å². The Morgan fingerprint density at radius 2 is 2.08 bits per heavy atom. The predicted octanol–water partition coefficient (Wildman–Crippen LogP) is 0.728. The van der Waals surface area contributed by atoms with Crippen molar-refractivity contribution < 1.29 is 12.6 Å². The minimum absolute atomic E-state index is 0.109. The zero-order valence-corrected chi connectivity index (χ0v) is 7.63. The molecule has 1 heterocycles. The average Bonchev–Trinajstić information content (AvgIpc) is 1.82. The molecule has 12 heavy (non-hydrogen) atoms. The van der Waals surface area contributed by atoms with Gasteiger partial charge in [-0.1, -0.05) is 6.07 Å². The van der Waals surface area contributed by atoms with Gasteiger partial charge in [0.05, 0.1) is 6.26 Å². The van der Waals surface area contributed by atoms with Crippen LogP contribution < -0.4 is 4.18 Å². The highest BCUT2D eigenvalue weighted by Gasteiger charge is 2.04. The highest BCUT2D eigenvalue weighted by molar-refractivity contribution is 7.86. The van der Waals surface area contributed by atoms with E-state index in [1.165, 1.54) is 6.07 Å². The van der Waals surface area contributed by atoms with Gasteiger partial charge in [0, 0.05) is 11.8 Å². The second-order valence-corrected chi connectivity index (χ2v) is 3.98. The van der Waals surface area contributed by atoms with Gasteiger partial charge in [0.15, 0.2) is 0 Å². The number of nitrogens with zero attached hydrogens (tertiary/aromatic N) is 1. The fourth-order valence-corrected chi connectivity index (χ4v) is 1.12. The summed E-state index contributed by atoms with van der Waals surface area (Å²) >= 11 is 0. The highest BCUT2D eigenvalue weighted by Crippen LogP contribution is 2.08. The van der Waals surface area contributed by atoms with Gasteiger partial charge in [0.25, 0.3) is 0 Å². The molecule has 0 saturated heterocycles. The molecule has 0 fully saturated rings. The Kier molecular flexibility index (Phi) is 2.32. The Hall–Kier alpha value is -1.10. The Morgan fingerprint density at radius 1 is 1.42 bits per heavy atom. The van der Waals surface area contributed by atoms with Crippen LogP contribution in [-0.4, -0.2) is 19.7 Å². The molecule has 66 valence electrons. The van der Waals surface area contributed by atoms with Gasteiger partial charge < -0.3 is 4.18 Å². The lowest BCUT2D eigenvalue weighted by atomic mass is 10.4. The van der Waals surface area contributed by atoms with E-state index in [0.717, 1.165) is 11.9 Å². The van der Waals surface area contributed by atoms with Gasteiger partial charge >= 0.3 is 10.1 Å². The van der Waals surface area contributed by atoms with Crippen molar-refractivity contribution in [3.8, 4) is 5.88 Å². The summed E-state index contributed by atoms with van der Waals surface area (Å²) in [6.07, 6.45) is 0.983. The van der Waals surface area contributed by atoms with E-state index >= 15 is 0 Å². The van der Waals surface area contributed by atoms with E-state index in [1.54, 1.807) is 19.1 Å². The molecule has 0 spiro atoms. The zero-order chi connectivity index (χ0) is 9.19. The third kappa shape index (κ3) is 2.87. The standard InChI is InChI=1S/C7H9NO3S/c1-6-4-3-5-7(8-6)11-12(2,9)10/h3-5H,1-2H3. The molecule has 0 aliphatic rings. The molecule has 0 atom stereocenters. The summed E-state index contributed by atoms with van der Waals surface area (Å²) < 4.78 is 25.8. The highest BCUT2D eigenvalue weighted by atomic mass is 32.2. The third-order valence-corrected chi connectivity index (χ3v) is 1.57. The predicted molar refractivity (Wildman–Crippen MR) is 44.4 cm³/mol. The van der Waals surface area contributed by atoms with Gasteiger partial charge in [0.2, 0.25) is 5.88 Å². The van der Waals surface area contributed by atoms with Gasteiger partial charge in [-0.3, -0.25) is 0 Å². The monoisotopic (exact) mass is 187 g/mol. The maximum atomic E-state index is 10.6. The van der Waals surface area contributed by atoms with Crippen molar-refractivity contribution in [2.24, 2.45) is 0 Å². The van der Waals surface area contributed by atoms with Crippen LogP contribution in [0.15, 0.2) is 18.2 Å². The number of hydrogen-bond acceptors (Lipinski definition) is 4. The molecular formula is C7H9NO3S. The molecule has 5 heteroatoms. The summed E-state index contributed by atoms with van der Waals surface area (Å²) in [6, 6.07) is 4.94. The number of rotatable bonds is 2. The van der Waals surface area contributed by atoms with E-state index in [0.29, 0.717) is 0 Å². The lowest BCUT2D eigenvalue weighted by Crippen LogP contribution is -2.06. The van der Waals surface area contributed by atoms with Crippen molar-refractivity contribution in [1.29, 1.82) is 0 Å². The smallest absolute Gasteiger partial charge is 0.307 e. The molecule has 0 amide bonds. The number of hydrogen-bond donors (Lipinski definition) is 0. The minimum atomic E-state index is -3.46. The maximum absolute atomic E-state index is 10.6. The summed E-state index contributed by atoms with van der Waals surface area (Å²) in [4.78, 5) is 3.86. The Balaban J connectivity index is 2.91. The van der Waals surface area contributed by atoms with Crippen molar-refractivity contribution in [3.05, 3.63) is 23.9 Å². The van der Waals surface area contributed by atoms with Crippen molar-refractivity contribution in [1.82, 2.24) is 4.98 Å². The Morgan fingerprint density at radius 3 is 2.58 bits per heavy atom. The van der Waals surface area contributed by atoms with E-state index in [1.807, 2.05) is 0 Å². The largest absolute Gasteiger partial charge is 0.362 e. The summed E-state index contributed by atoms with van der Waals surface area (Å²) in [7, 11) is -3.46. The molecule has 0 saturated carbocycles. The molecule has 0 radical (unpaired) electrons. The van der Waals surface area contributed by atoms with Crippen molar-refractivity contribution in [2.45, 2.75) is 6.92 Å². The number of aromatic nitrogens is 1. The first kappa shape index (κ1) is 8.99. The molecule has 4 nitrogen and oxygen atoms in total. The van der Waals surface area contributed by atoms with Crippen LogP contribution in [0.4, 0.5) is 0 Å². The lowest BCUT2D eigenvalue weighted by molar-refractivity contribution is 0.482. The van der Waals surface area contributed by atoms with Crippen LogP contribution in [0.1, 0.15) is 5.69 Å². The SMILES string of the molecule is Cc1cccc(OS(C)(=O)=O)n1. The minimum Gasteiger partial charge on any atom is -0.362 e. The topological polar surface area (TPSA) is 56.3 Å². The summed E-state index contributed by atoms with van der Waals surface area (Å²) in [5.74, 6) is 0.109. The third-order valence-electron chi connectivity index (χ3n) is 1.10. The van der Waals surface area contributed by atoms with E-state index in [4.69, 9.17) is 0 Å². The van der Waals surface area contributed by atoms with E-state index in [9.17, 15) is 8.42 Å². The van der Waals surface area contributed by atoms with E-state index in [2.05, 4.69) is 9.17 Å². The summed E-state index contributed by atoms with van der Waals surface area (Å²) in [6.45, 7) is 1.76. The molecule has 0 aliphatic heterocycles. The number of aryl methyl sites for hydroxylation is 1. The number of pyridine rings is 1. The zero-order valence-electron chi connectivity index (χ0n) is 6.81. The van der Waals surface area contributed by atoms with Gasteiger partial charge in [0.1, 0.15) is 0 Å². The summed E-state index contributed by atoms with van der Waals surface area (Å²) in [5, 5.41) is 0. The van der Waals surface area contributed by atoms with Crippen LogP contribution in [0.5, 0.6) is 5.88 Å². The molecule has 0 unspecified atom stereocenters. The van der Waals surface area contributed by atoms with Crippen molar-refractivity contribution in [3.63, 3.8) is 0 Å². The average molecular weight is 187 g/mol. The van der Waals surface area contributed by atoms with Crippen molar-refractivity contribution >= 4 is 10.1 Å². The van der Waals surface area contributed by atoms with Crippen LogP contribution in [0.25, 0.3) is 0 Å². The second-order valence-electron chi connectivity index (χ2n) is 2.40. The van der Waals surface area contributed by atoms with E-state index < -0.39 is 10.1 Å². The summed E-state index contributed by atoms with van der Waals surface area (Å²) in [5.41, 5.74) is 0.719. The van der Waals surface area contributed by atoms with Gasteiger partial charge in [-0.25, -0.2) is 4.98 Å². The first-order valence-electron chi connectivity index (χ1n) is 3.30. The van der Waals surface area contributed by atoms with Crippen LogP contribution >= 0.6 is 0 Å². The van der Waals surface area contributed by atoms with Crippen molar-refractivity contribution in [2.75, 3.05) is 6.26 Å². The van der Waals surface area contributed by atoms with Crippen LogP contribution in [0, 0.1) is 6.92 Å². The van der Waals surface area contributed by atoms with Gasteiger partial charge in [-0.05, 0) is 13.0 Å². The molecule has 0 N–H and O–H groups in total. The van der Waals surface area contributed by atoms with Crippen LogP contribution in [0.3, 0.4) is 0 Å². The Bertz CT molecular complexity index is 372. The molecule has 0 bridgehead atoms. The molecule has 0 aliphatic carbocycles. The molecule has 1 rings (SSSR count). The normalized spacial score (nSPS) is 11.2. The fraction of sp³-hybridized carbons (Fsp3) is 0.286. The second kappa shape index (κ2) is 3.10. The fourth-order valence-electron chi connectivity index (χ4n) is 0.720. The Labute approximate surface area is 71.3 Å². The lowest BCUT2D eigenvalue weighted by Gasteiger charge is -2.00. The van der Waals surface area contributed by atoms with Crippen LogP contribution in [-0.2, 0) is 10.1 Å². The molecule has 1 aromatic rings. The first-order chi connectivity index (χ1) is 5.47. The maximum Gasteiger partial charge on any atom is 0.307 e. The molecule has 1 aromatic heterocycles. The first-order valence-corrected chi connectivity index (χ1v) is 5.12. The molecular weight excluding hydrogens is 178 g/mol. The molecule has 0 aromatic carbocycles. The quantitative estimate of drug-likeness (QED) is 0.640. The van der Waals surface area contributed by atoms with Gasteiger partial charge in [-0.2, -0.15) is 8.42 Å². The van der Waals surface area contributed by atoms with E-state index in [-0.39, 0.29) is 5.88 Å².